The molecule has 22 heavy (non-hydrogen) atoms. The fourth-order valence-corrected chi connectivity index (χ4v) is 3.41. The van der Waals surface area contributed by atoms with Crippen LogP contribution in [-0.4, -0.2) is 13.4 Å². The molecule has 3 rings (SSSR count). The van der Waals surface area contributed by atoms with Crippen LogP contribution in [0.2, 0.25) is 5.02 Å². The molecule has 0 radical (unpaired) electrons. The van der Waals surface area contributed by atoms with E-state index in [2.05, 4.69) is 9.71 Å². The van der Waals surface area contributed by atoms with Crippen LogP contribution in [0.15, 0.2) is 59.5 Å². The van der Waals surface area contributed by atoms with Gasteiger partial charge in [0.25, 0.3) is 10.0 Å². The van der Waals surface area contributed by atoms with Crippen molar-refractivity contribution < 1.29 is 8.42 Å². The van der Waals surface area contributed by atoms with Gasteiger partial charge >= 0.3 is 0 Å². The Kier molecular flexibility index (Phi) is 3.76. The molecule has 1 N–H and O–H groups in total. The van der Waals surface area contributed by atoms with Crippen LogP contribution in [-0.2, 0) is 10.0 Å². The number of rotatable bonds is 3. The van der Waals surface area contributed by atoms with Gasteiger partial charge in [-0.1, -0.05) is 29.8 Å². The van der Waals surface area contributed by atoms with Crippen molar-refractivity contribution in [1.82, 2.24) is 4.98 Å². The molecule has 0 amide bonds. The maximum Gasteiger partial charge on any atom is 0.261 e. The topological polar surface area (TPSA) is 59.1 Å². The number of para-hydroxylation sites is 1. The van der Waals surface area contributed by atoms with Gasteiger partial charge in [0.05, 0.1) is 16.1 Å². The highest BCUT2D eigenvalue weighted by atomic mass is 35.5. The van der Waals surface area contributed by atoms with E-state index in [1.54, 1.807) is 18.2 Å². The molecule has 1 heterocycles. The van der Waals surface area contributed by atoms with Crippen molar-refractivity contribution in [2.24, 2.45) is 0 Å². The number of halogens is 1. The third-order valence-electron chi connectivity index (χ3n) is 3.21. The molecule has 0 spiro atoms. The van der Waals surface area contributed by atoms with E-state index in [1.807, 2.05) is 31.2 Å². The van der Waals surface area contributed by atoms with Gasteiger partial charge in [0.1, 0.15) is 0 Å². The molecule has 0 saturated heterocycles. The van der Waals surface area contributed by atoms with Crippen molar-refractivity contribution in [3.63, 3.8) is 0 Å². The quantitative estimate of drug-likeness (QED) is 0.788. The van der Waals surface area contributed by atoms with E-state index in [0.717, 1.165) is 16.6 Å². The van der Waals surface area contributed by atoms with Gasteiger partial charge in [-0.25, -0.2) is 8.42 Å². The van der Waals surface area contributed by atoms with Crippen molar-refractivity contribution in [3.8, 4) is 0 Å². The van der Waals surface area contributed by atoms with Gasteiger partial charge in [-0.05, 0) is 43.3 Å². The minimum absolute atomic E-state index is 0.162. The van der Waals surface area contributed by atoms with Crippen LogP contribution < -0.4 is 4.72 Å². The first-order valence-electron chi connectivity index (χ1n) is 6.60. The van der Waals surface area contributed by atoms with Crippen LogP contribution >= 0.6 is 11.6 Å². The lowest BCUT2D eigenvalue weighted by atomic mass is 10.2. The van der Waals surface area contributed by atoms with Gasteiger partial charge in [-0.2, -0.15) is 0 Å². The van der Waals surface area contributed by atoms with Gasteiger partial charge in [0.2, 0.25) is 0 Å². The minimum atomic E-state index is -3.67. The summed E-state index contributed by atoms with van der Waals surface area (Å²) in [6.07, 6.45) is 0. The first-order valence-corrected chi connectivity index (χ1v) is 8.46. The summed E-state index contributed by atoms with van der Waals surface area (Å²) in [4.78, 5) is 4.56. The number of hydrogen-bond donors (Lipinski definition) is 1. The molecular weight excluding hydrogens is 320 g/mol. The largest absolute Gasteiger partial charge is 0.279 e. The van der Waals surface area contributed by atoms with Crippen LogP contribution in [0.4, 0.5) is 5.69 Å². The Bertz CT molecular complexity index is 938. The van der Waals surface area contributed by atoms with Crippen LogP contribution in [0.25, 0.3) is 10.9 Å². The number of fused-ring (bicyclic) bond motifs is 1. The second kappa shape index (κ2) is 5.59. The molecule has 112 valence electrons. The maximum absolute atomic E-state index is 12.5. The normalized spacial score (nSPS) is 11.5. The first-order chi connectivity index (χ1) is 10.5. The van der Waals surface area contributed by atoms with Gasteiger partial charge in [-0.3, -0.25) is 9.71 Å². The molecule has 0 aliphatic carbocycles. The number of hydrogen-bond acceptors (Lipinski definition) is 3. The number of nitrogens with one attached hydrogen (secondary N) is 1. The van der Waals surface area contributed by atoms with Crippen LogP contribution in [0, 0.1) is 6.92 Å². The van der Waals surface area contributed by atoms with Crippen molar-refractivity contribution in [2.45, 2.75) is 11.8 Å². The SMILES string of the molecule is Cc1cc(NS(=O)(=O)c2ccc(Cl)cc2)c2ccccc2n1. The molecule has 1 aromatic heterocycles. The smallest absolute Gasteiger partial charge is 0.261 e. The predicted octanol–water partition coefficient (Wildman–Crippen LogP) is 4.00. The number of sulfonamides is 1. The molecule has 0 aliphatic rings. The van der Waals surface area contributed by atoms with Crippen molar-refractivity contribution >= 4 is 38.2 Å². The Morgan fingerprint density at radius 3 is 2.45 bits per heavy atom. The summed E-state index contributed by atoms with van der Waals surface area (Å²) in [6.45, 7) is 1.83. The third-order valence-corrected chi connectivity index (χ3v) is 4.85. The molecule has 0 unspecified atom stereocenters. The van der Waals surface area contributed by atoms with Gasteiger partial charge in [0.15, 0.2) is 0 Å². The van der Waals surface area contributed by atoms with E-state index in [0.29, 0.717) is 10.7 Å². The van der Waals surface area contributed by atoms with E-state index in [4.69, 9.17) is 11.6 Å². The lowest BCUT2D eigenvalue weighted by molar-refractivity contribution is 0.601. The minimum Gasteiger partial charge on any atom is -0.279 e. The molecule has 0 saturated carbocycles. The lowest BCUT2D eigenvalue weighted by Crippen LogP contribution is -2.13. The molecule has 0 bridgehead atoms. The standard InChI is InChI=1S/C16H13ClN2O2S/c1-11-10-16(14-4-2-3-5-15(14)18-11)19-22(20,21)13-8-6-12(17)7-9-13/h2-10H,1H3,(H,18,19). The summed E-state index contributed by atoms with van der Waals surface area (Å²) in [6, 6.07) is 15.2. The van der Waals surface area contributed by atoms with Crippen molar-refractivity contribution in [2.75, 3.05) is 4.72 Å². The number of pyridine rings is 1. The number of anilines is 1. The Morgan fingerprint density at radius 1 is 1.05 bits per heavy atom. The zero-order valence-electron chi connectivity index (χ0n) is 11.7. The third kappa shape index (κ3) is 2.91. The Hall–Kier alpha value is -2.11. The highest BCUT2D eigenvalue weighted by molar-refractivity contribution is 7.92. The van der Waals surface area contributed by atoms with Crippen LogP contribution in [0.3, 0.4) is 0 Å². The summed E-state index contributed by atoms with van der Waals surface area (Å²) in [5.41, 5.74) is 2.00. The highest BCUT2D eigenvalue weighted by Gasteiger charge is 2.16. The number of aryl methyl sites for hydroxylation is 1. The molecule has 0 aliphatic heterocycles. The zero-order chi connectivity index (χ0) is 15.7. The van der Waals surface area contributed by atoms with E-state index in [1.165, 1.54) is 12.1 Å². The van der Waals surface area contributed by atoms with Gasteiger partial charge < -0.3 is 0 Å². The predicted molar refractivity (Wildman–Crippen MR) is 88.7 cm³/mol. The fourth-order valence-electron chi connectivity index (χ4n) is 2.21. The molecule has 0 atom stereocenters. The van der Waals surface area contributed by atoms with Gasteiger partial charge in [0, 0.05) is 16.1 Å². The lowest BCUT2D eigenvalue weighted by Gasteiger charge is -2.11. The van der Waals surface area contributed by atoms with Crippen LogP contribution in [0.5, 0.6) is 0 Å². The van der Waals surface area contributed by atoms with Gasteiger partial charge in [-0.15, -0.1) is 0 Å². The first kappa shape index (κ1) is 14.8. The summed E-state index contributed by atoms with van der Waals surface area (Å²) in [5, 5.41) is 1.25. The molecule has 4 nitrogen and oxygen atoms in total. The summed E-state index contributed by atoms with van der Waals surface area (Å²) < 4.78 is 27.6. The molecule has 0 fully saturated rings. The van der Waals surface area contributed by atoms with E-state index in [-0.39, 0.29) is 4.90 Å². The monoisotopic (exact) mass is 332 g/mol. The summed E-state index contributed by atoms with van der Waals surface area (Å²) in [5.74, 6) is 0. The number of nitrogens with zero attached hydrogens (tertiary/aromatic N) is 1. The Morgan fingerprint density at radius 2 is 1.73 bits per heavy atom. The molecule has 3 aromatic rings. The maximum atomic E-state index is 12.5. The van der Waals surface area contributed by atoms with Crippen molar-refractivity contribution in [1.29, 1.82) is 0 Å². The molecular formula is C16H13ClN2O2S. The van der Waals surface area contributed by atoms with E-state index >= 15 is 0 Å². The molecule has 2 aromatic carbocycles. The molecule has 6 heteroatoms. The number of benzene rings is 2. The number of aromatic nitrogens is 1. The Labute approximate surface area is 133 Å². The summed E-state index contributed by atoms with van der Waals surface area (Å²) >= 11 is 5.80. The summed E-state index contributed by atoms with van der Waals surface area (Å²) in [7, 11) is -3.67. The fraction of sp³-hybridized carbons (Fsp3) is 0.0625. The van der Waals surface area contributed by atoms with Crippen LogP contribution in [0.1, 0.15) is 5.69 Å². The second-order valence-electron chi connectivity index (χ2n) is 4.89. The Balaban J connectivity index is 2.07. The zero-order valence-corrected chi connectivity index (χ0v) is 13.3. The average molecular weight is 333 g/mol. The highest BCUT2D eigenvalue weighted by Crippen LogP contribution is 2.26. The van der Waals surface area contributed by atoms with E-state index in [9.17, 15) is 8.42 Å². The van der Waals surface area contributed by atoms with Crippen molar-refractivity contribution in [3.05, 3.63) is 65.3 Å². The average Bonchev–Trinajstić information content (AvgIpc) is 2.47. The second-order valence-corrected chi connectivity index (χ2v) is 7.01. The van der Waals surface area contributed by atoms with E-state index < -0.39 is 10.0 Å².